The molecule has 0 fully saturated rings. The molecule has 3 aromatic carbocycles. The van der Waals surface area contributed by atoms with E-state index in [0.29, 0.717) is 12.0 Å². The first-order valence-electron chi connectivity index (χ1n) is 12.8. The summed E-state index contributed by atoms with van der Waals surface area (Å²) in [5.41, 5.74) is 6.57. The van der Waals surface area contributed by atoms with Gasteiger partial charge in [0.05, 0.1) is 17.4 Å². The summed E-state index contributed by atoms with van der Waals surface area (Å²) in [6, 6.07) is 25.9. The highest BCUT2D eigenvalue weighted by Crippen LogP contribution is 2.47. The summed E-state index contributed by atoms with van der Waals surface area (Å²) in [5, 5.41) is 3.58. The van der Waals surface area contributed by atoms with Crippen molar-refractivity contribution in [1.82, 2.24) is 0 Å². The van der Waals surface area contributed by atoms with Gasteiger partial charge in [-0.3, -0.25) is 14.5 Å². The van der Waals surface area contributed by atoms with Crippen LogP contribution in [-0.2, 0) is 9.59 Å². The van der Waals surface area contributed by atoms with Crippen LogP contribution >= 0.6 is 0 Å². The fourth-order valence-electron chi connectivity index (χ4n) is 5.67. The molecule has 184 valence electrons. The standard InChI is InChI=1S/C31H33N3O2/c1-4-33(5-2)25-17-15-22(16-18-25)24-19-27-30(29(36)20-24)31(23-11-7-6-8-12-23)34(21(3)35)28-14-10-9-13-26(28)32-27/h6-18,24,31-32H,4-5,19-20H2,1-3H3/t24-,31-/m1/s1. The van der Waals surface area contributed by atoms with Gasteiger partial charge in [0, 0.05) is 43.4 Å². The van der Waals surface area contributed by atoms with Crippen LogP contribution in [0.3, 0.4) is 0 Å². The predicted molar refractivity (Wildman–Crippen MR) is 146 cm³/mol. The van der Waals surface area contributed by atoms with E-state index in [1.807, 2.05) is 54.6 Å². The van der Waals surface area contributed by atoms with E-state index in [0.717, 1.165) is 42.1 Å². The van der Waals surface area contributed by atoms with E-state index in [-0.39, 0.29) is 17.6 Å². The molecule has 0 saturated carbocycles. The van der Waals surface area contributed by atoms with Crippen molar-refractivity contribution >= 4 is 28.8 Å². The molecule has 2 aliphatic rings. The first kappa shape index (κ1) is 23.9. The summed E-state index contributed by atoms with van der Waals surface area (Å²) in [4.78, 5) is 31.0. The van der Waals surface area contributed by atoms with Crippen LogP contribution < -0.4 is 15.1 Å². The fourth-order valence-corrected chi connectivity index (χ4v) is 5.67. The van der Waals surface area contributed by atoms with Gasteiger partial charge in [-0.25, -0.2) is 0 Å². The average Bonchev–Trinajstić information content (AvgIpc) is 3.05. The first-order chi connectivity index (χ1) is 17.5. The summed E-state index contributed by atoms with van der Waals surface area (Å²) in [5.74, 6) is 0.0882. The van der Waals surface area contributed by atoms with E-state index >= 15 is 0 Å². The lowest BCUT2D eigenvalue weighted by molar-refractivity contribution is -0.117. The second kappa shape index (κ2) is 10.0. The molecule has 1 heterocycles. The highest BCUT2D eigenvalue weighted by atomic mass is 16.2. The lowest BCUT2D eigenvalue weighted by Crippen LogP contribution is -2.37. The van der Waals surface area contributed by atoms with Crippen molar-refractivity contribution in [2.75, 3.05) is 28.2 Å². The maximum atomic E-state index is 13.9. The molecule has 5 rings (SSSR count). The van der Waals surface area contributed by atoms with E-state index in [1.165, 1.54) is 11.3 Å². The maximum Gasteiger partial charge on any atom is 0.224 e. The van der Waals surface area contributed by atoms with Gasteiger partial charge in [-0.1, -0.05) is 54.6 Å². The Morgan fingerprint density at radius 1 is 0.889 bits per heavy atom. The van der Waals surface area contributed by atoms with Crippen LogP contribution in [0.4, 0.5) is 17.1 Å². The minimum absolute atomic E-state index is 0.0852. The van der Waals surface area contributed by atoms with Gasteiger partial charge in [-0.2, -0.15) is 0 Å². The van der Waals surface area contributed by atoms with Gasteiger partial charge >= 0.3 is 0 Å². The third-order valence-electron chi connectivity index (χ3n) is 7.44. The molecule has 0 unspecified atom stereocenters. The lowest BCUT2D eigenvalue weighted by Gasteiger charge is -2.34. The maximum absolute atomic E-state index is 13.9. The van der Waals surface area contributed by atoms with Gasteiger partial charge in [0.25, 0.3) is 0 Å². The van der Waals surface area contributed by atoms with Gasteiger partial charge in [0.1, 0.15) is 0 Å². The van der Waals surface area contributed by atoms with Crippen LogP contribution in [0, 0.1) is 0 Å². The Labute approximate surface area is 213 Å². The molecule has 0 spiro atoms. The Morgan fingerprint density at radius 3 is 2.22 bits per heavy atom. The number of benzene rings is 3. The van der Waals surface area contributed by atoms with Crippen molar-refractivity contribution in [3.8, 4) is 0 Å². The number of Topliss-reactive ketones (excluding diaryl/α,β-unsaturated/α-hetero) is 1. The normalized spacial score (nSPS) is 19.2. The number of ketones is 1. The summed E-state index contributed by atoms with van der Waals surface area (Å²) < 4.78 is 0. The van der Waals surface area contributed by atoms with Crippen LogP contribution in [0.2, 0.25) is 0 Å². The third kappa shape index (κ3) is 4.30. The molecule has 2 atom stereocenters. The molecule has 1 N–H and O–H groups in total. The number of nitrogens with one attached hydrogen (secondary N) is 1. The number of carbonyl (C=O) groups excluding carboxylic acids is 2. The number of hydrogen-bond donors (Lipinski definition) is 1. The van der Waals surface area contributed by atoms with E-state index in [4.69, 9.17) is 0 Å². The van der Waals surface area contributed by atoms with Crippen molar-refractivity contribution < 1.29 is 9.59 Å². The van der Waals surface area contributed by atoms with Crippen molar-refractivity contribution in [3.63, 3.8) is 0 Å². The number of nitrogens with zero attached hydrogens (tertiary/aromatic N) is 2. The molecular weight excluding hydrogens is 446 g/mol. The number of carbonyl (C=O) groups is 2. The van der Waals surface area contributed by atoms with Crippen molar-refractivity contribution in [2.45, 2.75) is 45.6 Å². The third-order valence-corrected chi connectivity index (χ3v) is 7.44. The zero-order chi connectivity index (χ0) is 25.2. The Hall–Kier alpha value is -3.86. The largest absolute Gasteiger partial charge is 0.372 e. The Bertz CT molecular complexity index is 1290. The Balaban J connectivity index is 1.59. The van der Waals surface area contributed by atoms with E-state index in [2.05, 4.69) is 48.3 Å². The number of para-hydroxylation sites is 2. The molecule has 0 aromatic heterocycles. The zero-order valence-corrected chi connectivity index (χ0v) is 21.2. The smallest absolute Gasteiger partial charge is 0.224 e. The molecule has 0 saturated heterocycles. The Morgan fingerprint density at radius 2 is 1.56 bits per heavy atom. The minimum atomic E-state index is -0.464. The molecule has 1 amide bonds. The quantitative estimate of drug-likeness (QED) is 0.457. The number of allylic oxidation sites excluding steroid dienone is 1. The molecule has 36 heavy (non-hydrogen) atoms. The van der Waals surface area contributed by atoms with E-state index in [1.54, 1.807) is 11.8 Å². The second-order valence-electron chi connectivity index (χ2n) is 9.53. The fraction of sp³-hybridized carbons (Fsp3) is 0.290. The van der Waals surface area contributed by atoms with Crippen LogP contribution in [0.25, 0.3) is 0 Å². The molecule has 5 heteroatoms. The van der Waals surface area contributed by atoms with Gasteiger partial charge in [-0.15, -0.1) is 0 Å². The summed E-state index contributed by atoms with van der Waals surface area (Å²) in [7, 11) is 0. The van der Waals surface area contributed by atoms with Gasteiger partial charge in [0.2, 0.25) is 5.91 Å². The zero-order valence-electron chi connectivity index (χ0n) is 21.2. The molecule has 0 radical (unpaired) electrons. The number of rotatable bonds is 5. The van der Waals surface area contributed by atoms with Crippen LogP contribution in [0.5, 0.6) is 0 Å². The summed E-state index contributed by atoms with van der Waals surface area (Å²) in [6.07, 6.45) is 1.14. The predicted octanol–water partition coefficient (Wildman–Crippen LogP) is 6.45. The van der Waals surface area contributed by atoms with E-state index < -0.39 is 6.04 Å². The lowest BCUT2D eigenvalue weighted by atomic mass is 9.78. The average molecular weight is 480 g/mol. The van der Waals surface area contributed by atoms with Crippen LogP contribution in [-0.4, -0.2) is 24.8 Å². The molecule has 1 aliphatic carbocycles. The number of anilines is 3. The number of amides is 1. The highest BCUT2D eigenvalue weighted by molar-refractivity contribution is 6.06. The van der Waals surface area contributed by atoms with Gasteiger partial charge in [0.15, 0.2) is 5.78 Å². The van der Waals surface area contributed by atoms with Gasteiger partial charge in [-0.05, 0) is 61.6 Å². The van der Waals surface area contributed by atoms with Crippen molar-refractivity contribution in [2.24, 2.45) is 0 Å². The Kier molecular flexibility index (Phi) is 6.64. The van der Waals surface area contributed by atoms with E-state index in [9.17, 15) is 9.59 Å². The topological polar surface area (TPSA) is 52.7 Å². The molecular formula is C31H33N3O2. The number of fused-ring (bicyclic) bond motifs is 1. The molecule has 5 nitrogen and oxygen atoms in total. The first-order valence-corrected chi connectivity index (χ1v) is 12.8. The summed E-state index contributed by atoms with van der Waals surface area (Å²) >= 11 is 0. The van der Waals surface area contributed by atoms with Crippen LogP contribution in [0.15, 0.2) is 90.1 Å². The summed E-state index contributed by atoms with van der Waals surface area (Å²) in [6.45, 7) is 7.82. The minimum Gasteiger partial charge on any atom is -0.372 e. The molecule has 1 aliphatic heterocycles. The second-order valence-corrected chi connectivity index (χ2v) is 9.53. The molecule has 3 aromatic rings. The monoisotopic (exact) mass is 479 g/mol. The molecule has 0 bridgehead atoms. The highest BCUT2D eigenvalue weighted by Gasteiger charge is 2.40. The van der Waals surface area contributed by atoms with Crippen molar-refractivity contribution in [3.05, 3.63) is 101 Å². The van der Waals surface area contributed by atoms with Gasteiger partial charge < -0.3 is 10.2 Å². The SMILES string of the molecule is CCN(CC)c1ccc([C@H]2CC(=O)C3=C(C2)Nc2ccccc2N(C(C)=O)[C@@H]3c2ccccc2)cc1. The van der Waals surface area contributed by atoms with Crippen molar-refractivity contribution in [1.29, 1.82) is 0 Å². The number of hydrogen-bond acceptors (Lipinski definition) is 4. The van der Waals surface area contributed by atoms with Crippen LogP contribution in [0.1, 0.15) is 56.7 Å².